The summed E-state index contributed by atoms with van der Waals surface area (Å²) in [6, 6.07) is 10.3. The summed E-state index contributed by atoms with van der Waals surface area (Å²) in [7, 11) is 0. The molecule has 48 valence electrons. The van der Waals surface area contributed by atoms with Crippen LogP contribution in [0.25, 0.3) is 0 Å². The van der Waals surface area contributed by atoms with E-state index in [4.69, 9.17) is 0 Å². The minimum atomic E-state index is 0. The molecule has 0 amide bonds. The van der Waals surface area contributed by atoms with Crippen LogP contribution >= 0.6 is 0 Å². The Bertz CT molecular complexity index is 184. The second-order valence-corrected chi connectivity index (χ2v) is 1.71. The van der Waals surface area contributed by atoms with Crippen LogP contribution in [-0.4, -0.2) is 6.29 Å². The summed E-state index contributed by atoms with van der Waals surface area (Å²) in [5.41, 5.74) is 0.896. The third-order valence-electron chi connectivity index (χ3n) is 1.04. The van der Waals surface area contributed by atoms with Crippen LogP contribution in [0.2, 0.25) is 0 Å². The molecular formula is C8H6OU. The molecule has 1 nitrogen and oxygen atoms in total. The molecular weight excluding hydrogens is 350 g/mol. The molecule has 1 aromatic rings. The molecule has 2 heteroatoms. The second kappa shape index (κ2) is 5.71. The van der Waals surface area contributed by atoms with Crippen molar-refractivity contribution < 1.29 is 35.9 Å². The zero-order valence-electron chi connectivity index (χ0n) is 5.42. The molecule has 0 atom stereocenters. The molecule has 0 saturated carbocycles. The van der Waals surface area contributed by atoms with E-state index in [9.17, 15) is 4.79 Å². The first-order chi connectivity index (χ1) is 4.43. The van der Waals surface area contributed by atoms with E-state index >= 15 is 0 Å². The van der Waals surface area contributed by atoms with Gasteiger partial charge in [0.15, 0.2) is 0 Å². The van der Waals surface area contributed by atoms with Gasteiger partial charge in [0.1, 0.15) is 0 Å². The Kier molecular flexibility index (Phi) is 5.67. The van der Waals surface area contributed by atoms with Crippen molar-refractivity contribution in [2.75, 3.05) is 0 Å². The molecule has 0 aromatic heterocycles. The Hall–Kier alpha value is -0.0581. The van der Waals surface area contributed by atoms with Crippen molar-refractivity contribution in [3.63, 3.8) is 0 Å². The van der Waals surface area contributed by atoms with Crippen molar-refractivity contribution in [2.24, 2.45) is 0 Å². The molecule has 1 aromatic carbocycles. The Labute approximate surface area is 84.2 Å². The number of carbonyl (C=O) groups excluding carboxylic acids is 1. The Morgan fingerprint density at radius 3 is 2.80 bits per heavy atom. The number of rotatable bonds is 2. The maximum atomic E-state index is 9.83. The quantitative estimate of drug-likeness (QED) is 0.727. The Balaban J connectivity index is 0.000000810. The van der Waals surface area contributed by atoms with Crippen LogP contribution in [0.4, 0.5) is 0 Å². The molecule has 0 fully saturated rings. The monoisotopic (exact) mass is 356 g/mol. The third-order valence-corrected chi connectivity index (χ3v) is 1.04. The summed E-state index contributed by atoms with van der Waals surface area (Å²) in [5.74, 6) is 0. The summed E-state index contributed by atoms with van der Waals surface area (Å²) in [5, 5.41) is 0. The molecule has 1 rings (SSSR count). The van der Waals surface area contributed by atoms with Gasteiger partial charge in [0.2, 0.25) is 0 Å². The Morgan fingerprint density at radius 2 is 2.30 bits per heavy atom. The summed E-state index contributed by atoms with van der Waals surface area (Å²) in [4.78, 5) is 9.83. The van der Waals surface area contributed by atoms with Gasteiger partial charge in [-0.2, -0.15) is 35.9 Å². The van der Waals surface area contributed by atoms with Crippen LogP contribution in [0.1, 0.15) is 5.56 Å². The fourth-order valence-corrected chi connectivity index (χ4v) is 0.618. The van der Waals surface area contributed by atoms with Gasteiger partial charge in [-0.05, 0) is 0 Å². The van der Waals surface area contributed by atoms with Crippen LogP contribution in [0.5, 0.6) is 0 Å². The molecule has 0 radical (unpaired) electrons. The predicted molar refractivity (Wildman–Crippen MR) is 34.7 cm³/mol. The first-order valence-corrected chi connectivity index (χ1v) is 2.74. The number of benzene rings is 1. The van der Waals surface area contributed by atoms with Gasteiger partial charge in [-0.25, -0.2) is 0 Å². The summed E-state index contributed by atoms with van der Waals surface area (Å²) in [6.45, 7) is 0. The summed E-state index contributed by atoms with van der Waals surface area (Å²) >= 11 is 0. The zero-order chi connectivity index (χ0) is 6.53. The van der Waals surface area contributed by atoms with E-state index in [2.05, 4.69) is 6.07 Å². The first kappa shape index (κ1) is 9.94. The van der Waals surface area contributed by atoms with Crippen molar-refractivity contribution >= 4 is 6.29 Å². The average Bonchev–Trinajstić information content (AvgIpc) is 1.91. The fourth-order valence-electron chi connectivity index (χ4n) is 0.618. The fraction of sp³-hybridized carbons (Fsp3) is 0.125. The SMILES string of the molecule is O=[C-]Cc1[c-]cccc1.[U+2]. The predicted octanol–water partition coefficient (Wildman–Crippen LogP) is 1.14. The Morgan fingerprint density at radius 1 is 1.50 bits per heavy atom. The molecule has 0 saturated heterocycles. The minimum Gasteiger partial charge on any atom is -0.542 e. The van der Waals surface area contributed by atoms with Gasteiger partial charge in [0, 0.05) is 0 Å². The van der Waals surface area contributed by atoms with E-state index in [1.54, 1.807) is 12.4 Å². The minimum absolute atomic E-state index is 0. The zero-order valence-corrected chi connectivity index (χ0v) is 9.59. The molecule has 0 N–H and O–H groups in total. The second-order valence-electron chi connectivity index (χ2n) is 1.71. The van der Waals surface area contributed by atoms with Crippen molar-refractivity contribution in [1.29, 1.82) is 0 Å². The van der Waals surface area contributed by atoms with Crippen LogP contribution < -0.4 is 0 Å². The van der Waals surface area contributed by atoms with Gasteiger partial charge in [-0.3, -0.25) is 6.29 Å². The molecule has 0 aliphatic heterocycles. The number of hydrogen-bond acceptors (Lipinski definition) is 1. The van der Waals surface area contributed by atoms with E-state index < -0.39 is 0 Å². The van der Waals surface area contributed by atoms with Crippen molar-refractivity contribution in [1.82, 2.24) is 0 Å². The van der Waals surface area contributed by atoms with Crippen molar-refractivity contribution in [2.45, 2.75) is 6.42 Å². The van der Waals surface area contributed by atoms with Crippen LogP contribution in [-0.2, 0) is 11.2 Å². The molecule has 0 bridgehead atoms. The van der Waals surface area contributed by atoms with Gasteiger partial charge in [0.25, 0.3) is 0 Å². The summed E-state index contributed by atoms with van der Waals surface area (Å²) in [6.07, 6.45) is 2.15. The van der Waals surface area contributed by atoms with Crippen LogP contribution in [0.3, 0.4) is 0 Å². The van der Waals surface area contributed by atoms with E-state index in [1.807, 2.05) is 18.2 Å². The molecule has 0 unspecified atom stereocenters. The molecule has 0 aliphatic rings. The normalized spacial score (nSPS) is 8.00. The van der Waals surface area contributed by atoms with Gasteiger partial charge < -0.3 is 4.79 Å². The van der Waals surface area contributed by atoms with E-state index in [0.29, 0.717) is 6.42 Å². The van der Waals surface area contributed by atoms with E-state index in [1.165, 1.54) is 0 Å². The number of hydrogen-bond donors (Lipinski definition) is 0. The van der Waals surface area contributed by atoms with Gasteiger partial charge in [-0.15, -0.1) is 6.42 Å². The maximum absolute atomic E-state index is 9.83. The maximum Gasteiger partial charge on any atom is 2.00 e. The third kappa shape index (κ3) is 3.20. The molecule has 10 heavy (non-hydrogen) atoms. The van der Waals surface area contributed by atoms with Crippen LogP contribution in [0, 0.1) is 37.2 Å². The van der Waals surface area contributed by atoms with Gasteiger partial charge >= 0.3 is 31.1 Å². The van der Waals surface area contributed by atoms with Gasteiger partial charge in [0.05, 0.1) is 0 Å². The molecule has 0 heterocycles. The van der Waals surface area contributed by atoms with E-state index in [-0.39, 0.29) is 31.1 Å². The smallest absolute Gasteiger partial charge is 0.542 e. The largest absolute Gasteiger partial charge is 2.00 e. The van der Waals surface area contributed by atoms with Crippen molar-refractivity contribution in [3.8, 4) is 0 Å². The first-order valence-electron chi connectivity index (χ1n) is 2.74. The van der Waals surface area contributed by atoms with E-state index in [0.717, 1.165) is 5.56 Å². The average molecular weight is 356 g/mol. The molecule has 0 aliphatic carbocycles. The summed E-state index contributed by atoms with van der Waals surface area (Å²) < 4.78 is 0. The standard InChI is InChI=1S/C8H6O.U/c9-7-6-8-4-2-1-3-5-8;/h1-4H,6H2;/q-2;+2. The molecule has 0 spiro atoms. The van der Waals surface area contributed by atoms with Crippen LogP contribution in [0.15, 0.2) is 24.3 Å². The van der Waals surface area contributed by atoms with Crippen molar-refractivity contribution in [3.05, 3.63) is 35.9 Å². The topological polar surface area (TPSA) is 17.1 Å². The van der Waals surface area contributed by atoms with Gasteiger partial charge in [-0.1, -0.05) is 0 Å².